The monoisotopic (exact) mass is 465 g/mol. The number of aromatic hydroxyl groups is 1. The summed E-state index contributed by atoms with van der Waals surface area (Å²) >= 11 is 0. The Labute approximate surface area is 193 Å². The first-order valence-electron chi connectivity index (χ1n) is 10.0. The van der Waals surface area contributed by atoms with E-state index in [1.165, 1.54) is 18.2 Å². The Hall–Kier alpha value is -4.66. The lowest BCUT2D eigenvalue weighted by atomic mass is 10.0. The summed E-state index contributed by atoms with van der Waals surface area (Å²) in [6, 6.07) is 19.4. The van der Waals surface area contributed by atoms with Crippen LogP contribution in [0.15, 0.2) is 91.0 Å². The van der Waals surface area contributed by atoms with Crippen LogP contribution in [-0.4, -0.2) is 34.3 Å². The molecule has 0 aromatic heterocycles. The smallest absolute Gasteiger partial charge is 0.414 e. The molecule has 0 saturated carbocycles. The number of ether oxygens (including phenoxy) is 2. The molecule has 2 atom stereocenters. The second kappa shape index (κ2) is 11.3. The van der Waals surface area contributed by atoms with Gasteiger partial charge in [0, 0.05) is 11.6 Å². The fourth-order valence-corrected chi connectivity index (χ4v) is 2.96. The molecule has 0 bridgehead atoms. The van der Waals surface area contributed by atoms with Crippen molar-refractivity contribution in [2.24, 2.45) is 0 Å². The molecule has 3 aromatic carbocycles. The number of nitrogens with one attached hydrogen (secondary N) is 1. The molecule has 0 unspecified atom stereocenters. The standard InChI is InChI=1S/C25H20FNO7/c26-19-15-17(11-12-20(19)28)23(34-25(32)27-24(31)16-7-3-1-4-8-16)21(13-14-22(29)30)33-18-9-5-2-6-10-18/h1-15,21,23,28H,(H,29,30)(H,27,31,32)/b14-13+/t21-,23-/m0/s1. The highest BCUT2D eigenvalue weighted by Crippen LogP contribution is 2.29. The number of hydrogen-bond acceptors (Lipinski definition) is 6. The minimum atomic E-state index is -1.39. The summed E-state index contributed by atoms with van der Waals surface area (Å²) in [5.41, 5.74) is 0.253. The van der Waals surface area contributed by atoms with E-state index in [-0.39, 0.29) is 11.1 Å². The number of phenols is 1. The van der Waals surface area contributed by atoms with E-state index in [1.54, 1.807) is 48.5 Å². The molecule has 0 aliphatic carbocycles. The lowest BCUT2D eigenvalue weighted by molar-refractivity contribution is -0.131. The van der Waals surface area contributed by atoms with Crippen LogP contribution in [0.25, 0.3) is 0 Å². The van der Waals surface area contributed by atoms with E-state index >= 15 is 0 Å². The minimum Gasteiger partial charge on any atom is -0.505 e. The number of benzene rings is 3. The van der Waals surface area contributed by atoms with Crippen LogP contribution < -0.4 is 10.1 Å². The van der Waals surface area contributed by atoms with E-state index in [0.717, 1.165) is 24.3 Å². The Morgan fingerprint density at radius 3 is 2.21 bits per heavy atom. The molecule has 174 valence electrons. The van der Waals surface area contributed by atoms with Gasteiger partial charge in [-0.3, -0.25) is 10.1 Å². The zero-order valence-electron chi connectivity index (χ0n) is 17.6. The summed E-state index contributed by atoms with van der Waals surface area (Å²) in [6.07, 6.45) is -1.89. The molecule has 0 aliphatic rings. The minimum absolute atomic E-state index is 0.0496. The normalized spacial score (nSPS) is 12.5. The number of phenolic OH excluding ortho intramolecular Hbond substituents is 1. The van der Waals surface area contributed by atoms with Crippen molar-refractivity contribution < 1.29 is 38.5 Å². The van der Waals surface area contributed by atoms with Crippen molar-refractivity contribution in [3.63, 3.8) is 0 Å². The average molecular weight is 465 g/mol. The van der Waals surface area contributed by atoms with Crippen molar-refractivity contribution in [3.8, 4) is 11.5 Å². The number of carbonyl (C=O) groups is 3. The van der Waals surface area contributed by atoms with Crippen molar-refractivity contribution in [1.82, 2.24) is 5.32 Å². The summed E-state index contributed by atoms with van der Waals surface area (Å²) in [6.45, 7) is 0. The van der Waals surface area contributed by atoms with Crippen molar-refractivity contribution in [3.05, 3.63) is 108 Å². The summed E-state index contributed by atoms with van der Waals surface area (Å²) < 4.78 is 25.3. The number of carboxylic acid groups (broad SMARTS) is 1. The van der Waals surface area contributed by atoms with E-state index in [0.29, 0.717) is 5.75 Å². The molecule has 3 aromatic rings. The summed E-state index contributed by atoms with van der Waals surface area (Å²) in [4.78, 5) is 36.0. The Morgan fingerprint density at radius 2 is 1.59 bits per heavy atom. The van der Waals surface area contributed by atoms with Crippen LogP contribution in [0.1, 0.15) is 22.0 Å². The molecule has 8 nitrogen and oxygen atoms in total. The molecule has 0 heterocycles. The van der Waals surface area contributed by atoms with Crippen molar-refractivity contribution in [2.45, 2.75) is 12.2 Å². The molecule has 9 heteroatoms. The zero-order valence-corrected chi connectivity index (χ0v) is 17.6. The number of halogens is 1. The number of carbonyl (C=O) groups excluding carboxylic acids is 2. The molecule has 0 saturated heterocycles. The first-order chi connectivity index (χ1) is 16.3. The second-order valence-electron chi connectivity index (χ2n) is 6.95. The third-order valence-electron chi connectivity index (χ3n) is 4.53. The molecule has 2 amide bonds. The number of amides is 2. The molecular formula is C25H20FNO7. The van der Waals surface area contributed by atoms with E-state index in [9.17, 15) is 23.9 Å². The summed E-state index contributed by atoms with van der Waals surface area (Å²) in [5, 5.41) is 20.7. The van der Waals surface area contributed by atoms with E-state index in [1.807, 2.05) is 0 Å². The van der Waals surface area contributed by atoms with Crippen LogP contribution in [0.5, 0.6) is 11.5 Å². The highest BCUT2D eigenvalue weighted by molar-refractivity contribution is 6.02. The maximum atomic E-state index is 14.1. The predicted molar refractivity (Wildman–Crippen MR) is 119 cm³/mol. The van der Waals surface area contributed by atoms with Crippen LogP contribution in [0.2, 0.25) is 0 Å². The number of para-hydroxylation sites is 1. The fraction of sp³-hybridized carbons (Fsp3) is 0.0800. The molecule has 0 spiro atoms. The zero-order chi connectivity index (χ0) is 24.5. The Balaban J connectivity index is 1.92. The largest absolute Gasteiger partial charge is 0.505 e. The third-order valence-corrected chi connectivity index (χ3v) is 4.53. The topological polar surface area (TPSA) is 122 Å². The third kappa shape index (κ3) is 6.67. The van der Waals surface area contributed by atoms with Gasteiger partial charge >= 0.3 is 12.1 Å². The van der Waals surface area contributed by atoms with Crippen LogP contribution in [-0.2, 0) is 9.53 Å². The fourth-order valence-electron chi connectivity index (χ4n) is 2.96. The van der Waals surface area contributed by atoms with Gasteiger partial charge in [0.1, 0.15) is 5.75 Å². The lowest BCUT2D eigenvalue weighted by Gasteiger charge is -2.26. The molecule has 3 N–H and O–H groups in total. The maximum absolute atomic E-state index is 14.1. The van der Waals surface area contributed by atoms with E-state index in [4.69, 9.17) is 14.6 Å². The first kappa shape index (κ1) is 24.0. The van der Waals surface area contributed by atoms with Crippen LogP contribution >= 0.6 is 0 Å². The van der Waals surface area contributed by atoms with Gasteiger partial charge in [0.15, 0.2) is 23.8 Å². The van der Waals surface area contributed by atoms with Gasteiger partial charge in [-0.15, -0.1) is 0 Å². The van der Waals surface area contributed by atoms with Gasteiger partial charge in [0.2, 0.25) is 0 Å². The maximum Gasteiger partial charge on any atom is 0.414 e. The van der Waals surface area contributed by atoms with Crippen LogP contribution in [0, 0.1) is 5.82 Å². The highest BCUT2D eigenvalue weighted by Gasteiger charge is 2.29. The predicted octanol–water partition coefficient (Wildman–Crippen LogP) is 4.23. The highest BCUT2D eigenvalue weighted by atomic mass is 19.1. The van der Waals surface area contributed by atoms with Crippen LogP contribution in [0.3, 0.4) is 0 Å². The Morgan fingerprint density at radius 1 is 0.941 bits per heavy atom. The molecular weight excluding hydrogens is 445 g/mol. The lowest BCUT2D eigenvalue weighted by Crippen LogP contribution is -2.36. The van der Waals surface area contributed by atoms with Crippen molar-refractivity contribution in [2.75, 3.05) is 0 Å². The van der Waals surface area contributed by atoms with Gasteiger partial charge in [-0.1, -0.05) is 42.5 Å². The quantitative estimate of drug-likeness (QED) is 0.426. The van der Waals surface area contributed by atoms with Gasteiger partial charge in [0.05, 0.1) is 0 Å². The van der Waals surface area contributed by atoms with Gasteiger partial charge in [-0.25, -0.2) is 14.0 Å². The number of carboxylic acids is 1. The van der Waals surface area contributed by atoms with Gasteiger partial charge in [-0.2, -0.15) is 0 Å². The first-order valence-corrected chi connectivity index (χ1v) is 10.0. The van der Waals surface area contributed by atoms with Crippen molar-refractivity contribution >= 4 is 18.0 Å². The van der Waals surface area contributed by atoms with E-state index < -0.39 is 41.7 Å². The summed E-state index contributed by atoms with van der Waals surface area (Å²) in [5.74, 6) is -3.33. The number of hydrogen-bond donors (Lipinski definition) is 3. The SMILES string of the molecule is O=C(O)/C=C/[C@H](Oc1ccccc1)[C@@H](OC(=O)NC(=O)c1ccccc1)c1ccc(O)c(F)c1. The molecule has 0 radical (unpaired) electrons. The number of aliphatic carboxylic acids is 1. The number of rotatable bonds is 8. The molecule has 0 fully saturated rings. The molecule has 34 heavy (non-hydrogen) atoms. The second-order valence-corrected chi connectivity index (χ2v) is 6.95. The Kier molecular flexibility index (Phi) is 7.96. The molecule has 0 aliphatic heterocycles. The average Bonchev–Trinajstić information content (AvgIpc) is 2.83. The van der Waals surface area contributed by atoms with Crippen molar-refractivity contribution in [1.29, 1.82) is 0 Å². The van der Waals surface area contributed by atoms with E-state index in [2.05, 4.69) is 5.32 Å². The van der Waals surface area contributed by atoms with Gasteiger partial charge < -0.3 is 19.7 Å². The number of alkyl carbamates (subject to hydrolysis) is 1. The van der Waals surface area contributed by atoms with Crippen LogP contribution in [0.4, 0.5) is 9.18 Å². The van der Waals surface area contributed by atoms with Gasteiger partial charge in [-0.05, 0) is 48.0 Å². The Bertz CT molecular complexity index is 1180. The number of imide groups is 1. The molecule has 3 rings (SSSR count). The van der Waals surface area contributed by atoms with Gasteiger partial charge in [0.25, 0.3) is 5.91 Å². The summed E-state index contributed by atoms with van der Waals surface area (Å²) in [7, 11) is 0.